The number of halogens is 8. The SMILES string of the molecule is CCO[C@@H]1C[C@H]2C(=O)NC3(CCC3)C(=O)N(C)[C@@H](C3CCCC3)C(=O)N(C)[C@H](C(=O)N(C)C)CC(=O)N(C)[C@@H](CC(C)C)C(=O)N[C@@H]([C@@H](C)CC)C(=O)N3CC[C@H]3C(=O)N(C)[C@H]3C[C@@H](C)CCN(C3=O)[C@@H](CC3CCC(C(F)(F)F)CC3)C(=O)N(C)CC(=O)N[C@@H](CCC3CC(F)C(C(F)(F)F)C(F)C3)C(=O)N2C1. The fourth-order valence-corrected chi connectivity index (χ4v) is 18.0. The molecule has 0 radical (unpaired) electrons. The summed E-state index contributed by atoms with van der Waals surface area (Å²) in [5.41, 5.74) is -1.69. The van der Waals surface area contributed by atoms with Gasteiger partial charge in [-0.3, -0.25) is 57.5 Å². The maximum absolute atomic E-state index is 15.5. The first-order valence-corrected chi connectivity index (χ1v) is 39.4. The molecule has 25 nitrogen and oxygen atoms in total. The molecular formula is C76H118F8N12O13. The van der Waals surface area contributed by atoms with Gasteiger partial charge in [0, 0.05) is 82.0 Å². The topological polar surface area (TPSA) is 279 Å². The first-order chi connectivity index (χ1) is 51.0. The number of carbonyl (C=O) groups is 12. The number of hydrogen-bond donors (Lipinski definition) is 3. The Hall–Kier alpha value is -6.96. The van der Waals surface area contributed by atoms with Crippen LogP contribution in [-0.4, -0.2) is 288 Å². The Bertz CT molecular complexity index is 3270. The van der Waals surface area contributed by atoms with E-state index in [2.05, 4.69) is 16.0 Å². The van der Waals surface area contributed by atoms with Crippen LogP contribution in [-0.2, 0) is 62.3 Å². The summed E-state index contributed by atoms with van der Waals surface area (Å²) in [6, 6.07) is -12.3. The fraction of sp³-hybridized carbons (Fsp3) is 0.842. The summed E-state index contributed by atoms with van der Waals surface area (Å²) in [4.78, 5) is 193. The molecule has 0 aromatic heterocycles. The van der Waals surface area contributed by atoms with Gasteiger partial charge < -0.3 is 64.8 Å². The van der Waals surface area contributed by atoms with E-state index in [1.54, 1.807) is 20.8 Å². The minimum atomic E-state index is -5.21. The lowest BCUT2D eigenvalue weighted by atomic mass is 9.74. The molecule has 12 amide bonds. The van der Waals surface area contributed by atoms with Gasteiger partial charge in [0.2, 0.25) is 70.9 Å². The van der Waals surface area contributed by atoms with Crippen LogP contribution in [0.5, 0.6) is 0 Å². The summed E-state index contributed by atoms with van der Waals surface area (Å²) in [5, 5.41) is 8.49. The zero-order chi connectivity index (χ0) is 80.8. The van der Waals surface area contributed by atoms with E-state index in [0.29, 0.717) is 38.5 Å². The van der Waals surface area contributed by atoms with E-state index < -0.39 is 229 Å². The molecule has 4 aliphatic heterocycles. The Morgan fingerprint density at radius 1 is 0.615 bits per heavy atom. The van der Waals surface area contributed by atoms with E-state index >= 15 is 47.1 Å². The average molecular weight is 1560 g/mol. The van der Waals surface area contributed by atoms with Crippen LogP contribution in [0.4, 0.5) is 35.1 Å². The van der Waals surface area contributed by atoms with Crippen LogP contribution in [0.3, 0.4) is 0 Å². The van der Waals surface area contributed by atoms with Crippen molar-refractivity contribution in [3.8, 4) is 0 Å². The number of rotatable bonds is 13. The molecule has 4 saturated heterocycles. The Morgan fingerprint density at radius 2 is 1.24 bits per heavy atom. The van der Waals surface area contributed by atoms with Crippen molar-refractivity contribution in [3.05, 3.63) is 0 Å². The van der Waals surface area contributed by atoms with Crippen LogP contribution in [0.25, 0.3) is 0 Å². The number of amides is 12. The fourth-order valence-electron chi connectivity index (χ4n) is 18.0. The molecular weight excluding hydrogens is 1440 g/mol. The molecule has 3 N–H and O–H groups in total. The lowest BCUT2D eigenvalue weighted by Gasteiger charge is -2.46. The van der Waals surface area contributed by atoms with Crippen molar-refractivity contribution in [2.24, 2.45) is 47.3 Å². The van der Waals surface area contributed by atoms with Gasteiger partial charge in [-0.05, 0) is 158 Å². The van der Waals surface area contributed by atoms with Gasteiger partial charge in [-0.25, -0.2) is 8.78 Å². The normalized spacial score (nSPS) is 33.3. The third kappa shape index (κ3) is 20.3. The number of fused-ring (bicyclic) bond motifs is 4. The second-order valence-corrected chi connectivity index (χ2v) is 33.4. The summed E-state index contributed by atoms with van der Waals surface area (Å²) in [6.07, 6.45) is -15.9. The predicted octanol–water partition coefficient (Wildman–Crippen LogP) is 6.57. The number of hydrogen-bond acceptors (Lipinski definition) is 13. The summed E-state index contributed by atoms with van der Waals surface area (Å²) in [7, 11) is 9.68. The van der Waals surface area contributed by atoms with Crippen molar-refractivity contribution in [2.45, 2.75) is 280 Å². The quantitative estimate of drug-likeness (QED) is 0.165. The Balaban J connectivity index is 1.21. The lowest BCUT2D eigenvalue weighted by Crippen LogP contribution is -2.68. The van der Waals surface area contributed by atoms with E-state index in [1.807, 2.05) is 20.8 Å². The molecule has 4 saturated carbocycles. The molecule has 2 bridgehead atoms. The van der Waals surface area contributed by atoms with Crippen LogP contribution in [0.1, 0.15) is 189 Å². The third-order valence-corrected chi connectivity index (χ3v) is 25.1. The molecule has 616 valence electrons. The molecule has 8 rings (SSSR count). The molecule has 4 aliphatic carbocycles. The third-order valence-electron chi connectivity index (χ3n) is 25.1. The first-order valence-electron chi connectivity index (χ1n) is 39.4. The molecule has 14 atom stereocenters. The first kappa shape index (κ1) is 87.6. The molecule has 8 fully saturated rings. The molecule has 109 heavy (non-hydrogen) atoms. The number of carbonyl (C=O) groups excluding carboxylic acids is 12. The van der Waals surface area contributed by atoms with E-state index in [4.69, 9.17) is 4.74 Å². The van der Waals surface area contributed by atoms with E-state index in [0.717, 1.165) is 14.7 Å². The Labute approximate surface area is 635 Å². The maximum Gasteiger partial charge on any atom is 0.397 e. The minimum Gasteiger partial charge on any atom is -0.377 e. The van der Waals surface area contributed by atoms with Gasteiger partial charge >= 0.3 is 12.4 Å². The molecule has 4 heterocycles. The van der Waals surface area contributed by atoms with Gasteiger partial charge in [0.25, 0.3) is 0 Å². The number of alkyl halides is 8. The number of likely N-dealkylation sites (N-methyl/N-ethyl adjacent to an activating group) is 6. The van der Waals surface area contributed by atoms with Crippen LogP contribution >= 0.6 is 0 Å². The number of ether oxygens (including phenoxy) is 1. The summed E-state index contributed by atoms with van der Waals surface area (Å²) < 4.78 is 121. The zero-order valence-electron chi connectivity index (χ0n) is 65.7. The Kier molecular flexibility index (Phi) is 29.5. The summed E-state index contributed by atoms with van der Waals surface area (Å²) in [6.45, 7) is 9.63. The van der Waals surface area contributed by atoms with Gasteiger partial charge in [-0.1, -0.05) is 53.9 Å². The highest BCUT2D eigenvalue weighted by molar-refractivity contribution is 6.01. The van der Waals surface area contributed by atoms with Crippen molar-refractivity contribution in [1.29, 1.82) is 0 Å². The number of nitrogens with one attached hydrogen (secondary N) is 3. The molecule has 2 unspecified atom stereocenters. The van der Waals surface area contributed by atoms with Crippen molar-refractivity contribution in [3.63, 3.8) is 0 Å². The summed E-state index contributed by atoms with van der Waals surface area (Å²) >= 11 is 0. The highest BCUT2D eigenvalue weighted by Gasteiger charge is 2.57. The van der Waals surface area contributed by atoms with Crippen LogP contribution in [0, 0.1) is 47.3 Å². The van der Waals surface area contributed by atoms with Crippen molar-refractivity contribution in [2.75, 3.05) is 82.1 Å². The monoisotopic (exact) mass is 1560 g/mol. The molecule has 1 spiro atoms. The smallest absolute Gasteiger partial charge is 0.377 e. The van der Waals surface area contributed by atoms with Crippen LogP contribution < -0.4 is 16.0 Å². The van der Waals surface area contributed by atoms with Gasteiger partial charge in [-0.2, -0.15) is 26.3 Å². The van der Waals surface area contributed by atoms with Gasteiger partial charge in [-0.15, -0.1) is 0 Å². The highest BCUT2D eigenvalue weighted by atomic mass is 19.4. The average Bonchev–Trinajstić information content (AvgIpc) is 1.64. The standard InChI is InChI=1S/C76H118F8N12O13/c1-14-44(6)62-71(106)94-32-28-53(94)69(104)91(11)56-34-43(5)27-31-95(70(56)105)58(37-45-21-24-48(25-22-45)75(79,80)81)68(103)89(9)41-59(97)85-52(26-23-46-35-50(77)61(51(78)36-46)76(82,83)84)66(101)96-40-49(109-15-2)38-55(96)65(100)87-74(29-18-30-74)73(108)93(13)63(47-19-16-17-20-47)72(107)92(12)57(67(102)88(7)8)39-60(98)90(10)54(33-42(3)4)64(99)86-62/h42-58,61-63H,14-41H2,1-13H3,(H,85,97)(H,86,99)(H,87,100)/t43-,44-,45?,46?,48?,49+,50?,51?,52-,53-,54-,55-,56-,57-,58-,61?,62-,63-/m0/s1. The van der Waals surface area contributed by atoms with E-state index in [9.17, 15) is 45.5 Å². The largest absolute Gasteiger partial charge is 0.397 e. The number of nitrogens with zero attached hydrogens (tertiary/aromatic N) is 9. The maximum atomic E-state index is 15.5. The van der Waals surface area contributed by atoms with Gasteiger partial charge in [0.05, 0.1) is 25.0 Å². The van der Waals surface area contributed by atoms with Gasteiger partial charge in [0.1, 0.15) is 78.2 Å². The van der Waals surface area contributed by atoms with Crippen molar-refractivity contribution < 1.29 is 97.4 Å². The van der Waals surface area contributed by atoms with Crippen LogP contribution in [0.2, 0.25) is 0 Å². The molecule has 8 aliphatic rings. The minimum absolute atomic E-state index is 0.0105. The molecule has 0 aromatic rings. The predicted molar refractivity (Wildman–Crippen MR) is 384 cm³/mol. The Morgan fingerprint density at radius 3 is 1.78 bits per heavy atom. The van der Waals surface area contributed by atoms with Gasteiger partial charge in [0.15, 0.2) is 0 Å². The second-order valence-electron chi connectivity index (χ2n) is 33.4. The molecule has 0 aromatic carbocycles. The van der Waals surface area contributed by atoms with E-state index in [1.165, 1.54) is 78.7 Å². The summed E-state index contributed by atoms with van der Waals surface area (Å²) in [5.74, 6) is -16.9. The van der Waals surface area contributed by atoms with Crippen LogP contribution in [0.15, 0.2) is 0 Å². The zero-order valence-corrected chi connectivity index (χ0v) is 65.7. The second kappa shape index (κ2) is 36.7. The molecule has 33 heteroatoms. The van der Waals surface area contributed by atoms with Crippen molar-refractivity contribution in [1.82, 2.24) is 60.0 Å². The van der Waals surface area contributed by atoms with Crippen molar-refractivity contribution >= 4 is 70.9 Å². The van der Waals surface area contributed by atoms with E-state index in [-0.39, 0.29) is 122 Å². The lowest BCUT2D eigenvalue weighted by molar-refractivity contribution is -0.219. The highest BCUT2D eigenvalue weighted by Crippen LogP contribution is 2.46.